The number of hydrogen-bond donors (Lipinski definition) is 2. The third-order valence-corrected chi connectivity index (χ3v) is 7.45. The molecule has 5 rings (SSSR count). The lowest BCUT2D eigenvalue weighted by molar-refractivity contribution is -0.139. The highest BCUT2D eigenvalue weighted by Gasteiger charge is 2.42. The highest BCUT2D eigenvalue weighted by molar-refractivity contribution is 5.90. The highest BCUT2D eigenvalue weighted by Crippen LogP contribution is 2.29. The molecule has 9 heteroatoms. The molecular weight excluding hydrogens is 456 g/mol. The summed E-state index contributed by atoms with van der Waals surface area (Å²) in [7, 11) is 3.51. The predicted octanol–water partition coefficient (Wildman–Crippen LogP) is 2.05. The van der Waals surface area contributed by atoms with Gasteiger partial charge in [-0.2, -0.15) is 0 Å². The fourth-order valence-electron chi connectivity index (χ4n) is 5.46. The van der Waals surface area contributed by atoms with Crippen molar-refractivity contribution in [3.8, 4) is 5.75 Å². The molecule has 2 aromatic carbocycles. The van der Waals surface area contributed by atoms with Crippen LogP contribution in [0, 0.1) is 11.8 Å². The molecule has 2 fully saturated rings. The maximum Gasteiger partial charge on any atom is 0.243 e. The van der Waals surface area contributed by atoms with Crippen molar-refractivity contribution in [1.29, 1.82) is 0 Å². The van der Waals surface area contributed by atoms with E-state index < -0.39 is 6.04 Å². The number of ether oxygens (including phenoxy) is 1. The van der Waals surface area contributed by atoms with Crippen molar-refractivity contribution in [1.82, 2.24) is 30.5 Å². The van der Waals surface area contributed by atoms with Gasteiger partial charge in [-0.1, -0.05) is 30.3 Å². The number of fused-ring (bicyclic) bond motifs is 1. The topological polar surface area (TPSA) is 101 Å². The molecule has 190 valence electrons. The zero-order valence-electron chi connectivity index (χ0n) is 21.1. The highest BCUT2D eigenvalue weighted by atomic mass is 16.5. The van der Waals surface area contributed by atoms with E-state index in [1.54, 1.807) is 11.8 Å². The summed E-state index contributed by atoms with van der Waals surface area (Å²) in [5.74, 6) is 1.43. The second-order valence-electron chi connectivity index (χ2n) is 10.2. The van der Waals surface area contributed by atoms with E-state index in [4.69, 9.17) is 4.74 Å². The molecule has 4 atom stereocenters. The van der Waals surface area contributed by atoms with Crippen LogP contribution in [0.15, 0.2) is 42.5 Å². The fourth-order valence-corrected chi connectivity index (χ4v) is 5.46. The van der Waals surface area contributed by atoms with Crippen LogP contribution in [0.1, 0.15) is 30.9 Å². The van der Waals surface area contributed by atoms with Crippen LogP contribution < -0.4 is 15.4 Å². The minimum Gasteiger partial charge on any atom is -0.497 e. The summed E-state index contributed by atoms with van der Waals surface area (Å²) in [5.41, 5.74) is 3.87. The van der Waals surface area contributed by atoms with Crippen LogP contribution in [0.5, 0.6) is 5.75 Å². The minimum absolute atomic E-state index is 0.0395. The maximum absolute atomic E-state index is 13.5. The Morgan fingerprint density at radius 1 is 1.14 bits per heavy atom. The number of aromatic nitrogens is 3. The van der Waals surface area contributed by atoms with Crippen molar-refractivity contribution < 1.29 is 14.3 Å². The summed E-state index contributed by atoms with van der Waals surface area (Å²) < 4.78 is 6.99. The van der Waals surface area contributed by atoms with Gasteiger partial charge in [0, 0.05) is 20.1 Å². The van der Waals surface area contributed by atoms with Crippen LogP contribution in [0.3, 0.4) is 0 Å². The first-order chi connectivity index (χ1) is 17.4. The predicted molar refractivity (Wildman–Crippen MR) is 136 cm³/mol. The Kier molecular flexibility index (Phi) is 6.91. The lowest BCUT2D eigenvalue weighted by atomic mass is 9.96. The van der Waals surface area contributed by atoms with E-state index in [0.717, 1.165) is 41.7 Å². The first-order valence-corrected chi connectivity index (χ1v) is 12.6. The molecule has 2 aliphatic heterocycles. The fraction of sp³-hybridized carbons (Fsp3) is 0.481. The van der Waals surface area contributed by atoms with Gasteiger partial charge < -0.3 is 20.3 Å². The van der Waals surface area contributed by atoms with Gasteiger partial charge in [-0.3, -0.25) is 9.59 Å². The third kappa shape index (κ3) is 5.06. The lowest BCUT2D eigenvalue weighted by Crippen LogP contribution is -2.51. The van der Waals surface area contributed by atoms with E-state index in [0.29, 0.717) is 25.4 Å². The van der Waals surface area contributed by atoms with E-state index in [9.17, 15) is 9.59 Å². The molecule has 9 nitrogen and oxygen atoms in total. The molecule has 0 saturated carbocycles. The molecular formula is C27H34N6O3. The minimum atomic E-state index is -0.473. The number of carbonyl (C=O) groups excluding carboxylic acids is 2. The van der Waals surface area contributed by atoms with Crippen LogP contribution >= 0.6 is 0 Å². The molecule has 3 heterocycles. The molecule has 2 N–H and O–H groups in total. The molecule has 1 aromatic heterocycles. The number of likely N-dealkylation sites (tertiary alicyclic amines) is 1. The smallest absolute Gasteiger partial charge is 0.243 e. The second kappa shape index (κ2) is 10.3. The van der Waals surface area contributed by atoms with Gasteiger partial charge in [0.15, 0.2) is 0 Å². The summed E-state index contributed by atoms with van der Waals surface area (Å²) in [4.78, 5) is 28.7. The molecule has 3 aromatic rings. The van der Waals surface area contributed by atoms with E-state index >= 15 is 0 Å². The Hall–Kier alpha value is -3.46. The van der Waals surface area contributed by atoms with Crippen LogP contribution in [-0.4, -0.2) is 64.0 Å². The molecule has 2 saturated heterocycles. The van der Waals surface area contributed by atoms with Crippen LogP contribution in [0.4, 0.5) is 0 Å². The van der Waals surface area contributed by atoms with Gasteiger partial charge in [0.1, 0.15) is 17.3 Å². The quantitative estimate of drug-likeness (QED) is 0.526. The summed E-state index contributed by atoms with van der Waals surface area (Å²) in [6.07, 6.45) is 2.27. The zero-order valence-corrected chi connectivity index (χ0v) is 21.1. The largest absolute Gasteiger partial charge is 0.497 e. The number of hydrogen-bond acceptors (Lipinski definition) is 6. The van der Waals surface area contributed by atoms with Crippen molar-refractivity contribution >= 4 is 22.8 Å². The Labute approximate surface area is 211 Å². The Bertz CT molecular complexity index is 1240. The molecule has 0 bridgehead atoms. The molecule has 0 aliphatic carbocycles. The molecule has 2 aliphatic rings. The van der Waals surface area contributed by atoms with Gasteiger partial charge >= 0.3 is 0 Å². The lowest BCUT2D eigenvalue weighted by Gasteiger charge is -2.27. The van der Waals surface area contributed by atoms with Gasteiger partial charge in [-0.25, -0.2) is 4.68 Å². The SMILES string of the molecule is COc1ccc(C[C@@H]2C[C@@H](C(=O)NCc3ccc4c(c3)nnn4C)N(C(=O)[C@H]3CC(C)CN3)C2)cc1. The van der Waals surface area contributed by atoms with Gasteiger partial charge in [0.25, 0.3) is 0 Å². The zero-order chi connectivity index (χ0) is 25.2. The first kappa shape index (κ1) is 24.2. The third-order valence-electron chi connectivity index (χ3n) is 7.45. The van der Waals surface area contributed by atoms with Gasteiger partial charge in [-0.05, 0) is 73.0 Å². The summed E-state index contributed by atoms with van der Waals surface area (Å²) >= 11 is 0. The summed E-state index contributed by atoms with van der Waals surface area (Å²) in [5, 5.41) is 14.6. The number of methoxy groups -OCH3 is 1. The van der Waals surface area contributed by atoms with Crippen molar-refractivity contribution in [3.63, 3.8) is 0 Å². The van der Waals surface area contributed by atoms with Crippen molar-refractivity contribution in [3.05, 3.63) is 53.6 Å². The normalized spacial score (nSPS) is 23.8. The van der Waals surface area contributed by atoms with E-state index in [2.05, 4.69) is 40.0 Å². The van der Waals surface area contributed by atoms with Gasteiger partial charge in [-0.15, -0.1) is 5.10 Å². The summed E-state index contributed by atoms with van der Waals surface area (Å²) in [6, 6.07) is 13.2. The summed E-state index contributed by atoms with van der Waals surface area (Å²) in [6.45, 7) is 3.95. The van der Waals surface area contributed by atoms with E-state index in [-0.39, 0.29) is 23.8 Å². The van der Waals surface area contributed by atoms with Gasteiger partial charge in [0.05, 0.1) is 18.7 Å². The first-order valence-electron chi connectivity index (χ1n) is 12.6. The maximum atomic E-state index is 13.5. The molecule has 2 amide bonds. The van der Waals surface area contributed by atoms with Crippen LogP contribution in [0.25, 0.3) is 11.0 Å². The van der Waals surface area contributed by atoms with E-state index in [1.165, 1.54) is 5.56 Å². The number of carbonyl (C=O) groups is 2. The number of rotatable bonds is 7. The average Bonchev–Trinajstić information content (AvgIpc) is 3.61. The van der Waals surface area contributed by atoms with Crippen molar-refractivity contribution in [2.45, 2.75) is 44.8 Å². The average molecular weight is 491 g/mol. The van der Waals surface area contributed by atoms with Crippen LogP contribution in [-0.2, 0) is 29.6 Å². The molecule has 36 heavy (non-hydrogen) atoms. The molecule has 0 spiro atoms. The van der Waals surface area contributed by atoms with E-state index in [1.807, 2.05) is 42.3 Å². The number of nitrogens with zero attached hydrogens (tertiary/aromatic N) is 4. The van der Waals surface area contributed by atoms with Gasteiger partial charge in [0.2, 0.25) is 11.8 Å². The Morgan fingerprint density at radius 2 is 1.92 bits per heavy atom. The standard InChI is InChI=1S/C27H34N6O3/c1-17-10-23(28-14-17)27(35)33-16-20(11-18-4-7-21(36-3)8-5-18)13-25(33)26(34)29-15-19-6-9-24-22(12-19)30-31-32(24)2/h4-9,12,17,20,23,25,28H,10-11,13-16H2,1-3H3,(H,29,34)/t17?,20-,23-,25+/m1/s1. The monoisotopic (exact) mass is 490 g/mol. The van der Waals surface area contributed by atoms with Crippen molar-refractivity contribution in [2.24, 2.45) is 18.9 Å². The number of nitrogens with one attached hydrogen (secondary N) is 2. The number of amides is 2. The van der Waals surface area contributed by atoms with Crippen LogP contribution in [0.2, 0.25) is 0 Å². The number of benzene rings is 2. The van der Waals surface area contributed by atoms with Crippen molar-refractivity contribution in [2.75, 3.05) is 20.2 Å². The second-order valence-corrected chi connectivity index (χ2v) is 10.2. The molecule has 0 radical (unpaired) electrons. The Balaban J connectivity index is 1.28. The molecule has 1 unspecified atom stereocenters. The Morgan fingerprint density at radius 3 is 2.64 bits per heavy atom. The number of aryl methyl sites for hydroxylation is 1.